The van der Waals surface area contributed by atoms with Gasteiger partial charge in [-0.3, -0.25) is 14.2 Å². The van der Waals surface area contributed by atoms with Gasteiger partial charge in [-0.2, -0.15) is 10.2 Å². The molecule has 0 atom stereocenters. The lowest BCUT2D eigenvalue weighted by molar-refractivity contribution is 0.0952. The molecule has 0 aliphatic rings. The minimum Gasteiger partial charge on any atom is -0.352 e. The predicted octanol–water partition coefficient (Wildman–Crippen LogP) is 4.33. The summed E-state index contributed by atoms with van der Waals surface area (Å²) >= 11 is 15.5. The Kier molecular flexibility index (Phi) is 6.57. The van der Waals surface area contributed by atoms with Crippen molar-refractivity contribution >= 4 is 45.0 Å². The molecule has 0 saturated carbocycles. The quantitative estimate of drug-likeness (QED) is 0.522. The van der Waals surface area contributed by atoms with Crippen LogP contribution in [0.5, 0.6) is 0 Å². The molecular formula is C18H18BrCl2N5O. The highest BCUT2D eigenvalue weighted by Gasteiger charge is 2.11. The molecule has 9 heteroatoms. The maximum absolute atomic E-state index is 12.4. The number of hydrogen-bond acceptors (Lipinski definition) is 3. The summed E-state index contributed by atoms with van der Waals surface area (Å²) in [6, 6.07) is 7.51. The van der Waals surface area contributed by atoms with E-state index in [0.29, 0.717) is 47.5 Å². The van der Waals surface area contributed by atoms with Gasteiger partial charge in [-0.1, -0.05) is 35.3 Å². The zero-order valence-corrected chi connectivity index (χ0v) is 17.7. The SMILES string of the molecule is Cc1nn(CCCNC(=O)c2cccc(Cn3cc(Br)cn3)c2)c(Cl)c1Cl. The van der Waals surface area contributed by atoms with Crippen LogP contribution in [0, 0.1) is 6.92 Å². The fourth-order valence-electron chi connectivity index (χ4n) is 2.64. The van der Waals surface area contributed by atoms with Crippen molar-refractivity contribution in [3.63, 3.8) is 0 Å². The van der Waals surface area contributed by atoms with Crippen LogP contribution in [-0.4, -0.2) is 32.0 Å². The lowest BCUT2D eigenvalue weighted by Gasteiger charge is -2.08. The van der Waals surface area contributed by atoms with Gasteiger partial charge >= 0.3 is 0 Å². The summed E-state index contributed by atoms with van der Waals surface area (Å²) in [4.78, 5) is 12.4. The zero-order chi connectivity index (χ0) is 19.4. The van der Waals surface area contributed by atoms with Crippen molar-refractivity contribution in [2.24, 2.45) is 0 Å². The van der Waals surface area contributed by atoms with Crippen LogP contribution in [0.4, 0.5) is 0 Å². The second-order valence-corrected chi connectivity index (χ2v) is 7.73. The van der Waals surface area contributed by atoms with E-state index in [4.69, 9.17) is 23.2 Å². The summed E-state index contributed by atoms with van der Waals surface area (Å²) in [6.45, 7) is 3.51. The summed E-state index contributed by atoms with van der Waals surface area (Å²) in [6.07, 6.45) is 4.32. The van der Waals surface area contributed by atoms with E-state index in [1.54, 1.807) is 23.9 Å². The number of aryl methyl sites for hydroxylation is 2. The van der Waals surface area contributed by atoms with Gasteiger partial charge in [0.1, 0.15) is 10.2 Å². The first kappa shape index (κ1) is 19.9. The van der Waals surface area contributed by atoms with E-state index >= 15 is 0 Å². The van der Waals surface area contributed by atoms with Gasteiger partial charge in [0, 0.05) is 24.8 Å². The van der Waals surface area contributed by atoms with Gasteiger partial charge in [-0.05, 0) is 47.0 Å². The summed E-state index contributed by atoms with van der Waals surface area (Å²) in [5.74, 6) is -0.112. The van der Waals surface area contributed by atoms with Gasteiger partial charge in [0.15, 0.2) is 0 Å². The van der Waals surface area contributed by atoms with Gasteiger partial charge < -0.3 is 5.32 Å². The van der Waals surface area contributed by atoms with E-state index in [0.717, 1.165) is 10.0 Å². The van der Waals surface area contributed by atoms with Crippen molar-refractivity contribution < 1.29 is 4.79 Å². The topological polar surface area (TPSA) is 64.7 Å². The molecule has 6 nitrogen and oxygen atoms in total. The molecule has 0 aliphatic carbocycles. The van der Waals surface area contributed by atoms with Crippen LogP contribution < -0.4 is 5.32 Å². The van der Waals surface area contributed by atoms with E-state index in [1.807, 2.05) is 29.1 Å². The molecule has 3 aromatic rings. The van der Waals surface area contributed by atoms with E-state index in [-0.39, 0.29) is 5.91 Å². The molecule has 1 amide bonds. The molecule has 0 radical (unpaired) electrons. The van der Waals surface area contributed by atoms with Crippen LogP contribution in [0.15, 0.2) is 41.1 Å². The number of benzene rings is 1. The fourth-order valence-corrected chi connectivity index (χ4v) is 3.36. The minimum atomic E-state index is -0.112. The first-order valence-corrected chi connectivity index (χ1v) is 9.92. The Morgan fingerprint density at radius 3 is 2.81 bits per heavy atom. The van der Waals surface area contributed by atoms with Crippen molar-refractivity contribution in [1.29, 1.82) is 0 Å². The Morgan fingerprint density at radius 1 is 1.33 bits per heavy atom. The Morgan fingerprint density at radius 2 is 2.15 bits per heavy atom. The molecule has 3 rings (SSSR count). The molecular weight excluding hydrogens is 453 g/mol. The van der Waals surface area contributed by atoms with Crippen LogP contribution >= 0.6 is 39.1 Å². The highest BCUT2D eigenvalue weighted by atomic mass is 79.9. The molecule has 0 unspecified atom stereocenters. The van der Waals surface area contributed by atoms with Crippen molar-refractivity contribution in [1.82, 2.24) is 24.9 Å². The smallest absolute Gasteiger partial charge is 0.251 e. The Hall–Kier alpha value is -1.83. The first-order chi connectivity index (χ1) is 12.9. The standard InChI is InChI=1S/C18H18BrCl2N5O/c1-12-16(20)17(21)26(24-12)7-3-6-22-18(27)14-5-2-4-13(8-14)10-25-11-15(19)9-23-25/h2,4-5,8-9,11H,3,6-7,10H2,1H3,(H,22,27). The number of carbonyl (C=O) groups is 1. The third-order valence-electron chi connectivity index (χ3n) is 3.96. The molecule has 0 bridgehead atoms. The molecule has 27 heavy (non-hydrogen) atoms. The van der Waals surface area contributed by atoms with Crippen LogP contribution in [-0.2, 0) is 13.1 Å². The largest absolute Gasteiger partial charge is 0.352 e. The van der Waals surface area contributed by atoms with Gasteiger partial charge in [0.05, 0.1) is 22.9 Å². The van der Waals surface area contributed by atoms with Crippen LogP contribution in [0.25, 0.3) is 0 Å². The van der Waals surface area contributed by atoms with Gasteiger partial charge in [-0.15, -0.1) is 0 Å². The second kappa shape index (κ2) is 8.91. The maximum Gasteiger partial charge on any atom is 0.251 e. The van der Waals surface area contributed by atoms with E-state index in [9.17, 15) is 4.79 Å². The molecule has 1 N–H and O–H groups in total. The second-order valence-electron chi connectivity index (χ2n) is 6.08. The molecule has 1 aromatic carbocycles. The van der Waals surface area contributed by atoms with Crippen LogP contribution in [0.3, 0.4) is 0 Å². The molecule has 0 fully saturated rings. The maximum atomic E-state index is 12.4. The number of aromatic nitrogens is 4. The van der Waals surface area contributed by atoms with Gasteiger partial charge in [0.2, 0.25) is 0 Å². The van der Waals surface area contributed by atoms with E-state index < -0.39 is 0 Å². The predicted molar refractivity (Wildman–Crippen MR) is 109 cm³/mol. The van der Waals surface area contributed by atoms with Crippen molar-refractivity contribution in [2.45, 2.75) is 26.4 Å². The Balaban J connectivity index is 1.52. The zero-order valence-electron chi connectivity index (χ0n) is 14.6. The van der Waals surface area contributed by atoms with Crippen molar-refractivity contribution in [3.05, 3.63) is 68.1 Å². The number of hydrogen-bond donors (Lipinski definition) is 1. The summed E-state index contributed by atoms with van der Waals surface area (Å²) in [5.41, 5.74) is 2.33. The normalized spacial score (nSPS) is 11.0. The number of amides is 1. The number of halogens is 3. The Bertz CT molecular complexity index is 953. The number of rotatable bonds is 7. The fraction of sp³-hybridized carbons (Fsp3) is 0.278. The highest BCUT2D eigenvalue weighted by Crippen LogP contribution is 2.24. The molecule has 142 valence electrons. The highest BCUT2D eigenvalue weighted by molar-refractivity contribution is 9.10. The van der Waals surface area contributed by atoms with Crippen molar-refractivity contribution in [2.75, 3.05) is 6.54 Å². The summed E-state index contributed by atoms with van der Waals surface area (Å²) in [7, 11) is 0. The average molecular weight is 471 g/mol. The summed E-state index contributed by atoms with van der Waals surface area (Å²) < 4.78 is 4.38. The first-order valence-electron chi connectivity index (χ1n) is 8.37. The van der Waals surface area contributed by atoms with Crippen LogP contribution in [0.2, 0.25) is 10.2 Å². The molecule has 0 saturated heterocycles. The number of nitrogens with zero attached hydrogens (tertiary/aromatic N) is 4. The van der Waals surface area contributed by atoms with Crippen molar-refractivity contribution in [3.8, 4) is 0 Å². The third kappa shape index (κ3) is 5.12. The van der Waals surface area contributed by atoms with E-state index in [2.05, 4.69) is 31.4 Å². The molecule has 2 aromatic heterocycles. The average Bonchev–Trinajstić information content (AvgIpc) is 3.17. The lowest BCUT2D eigenvalue weighted by Crippen LogP contribution is -2.25. The third-order valence-corrected chi connectivity index (χ3v) is 5.31. The minimum absolute atomic E-state index is 0.112. The number of carbonyl (C=O) groups excluding carboxylic acids is 1. The molecule has 0 aliphatic heterocycles. The molecule has 2 heterocycles. The summed E-state index contributed by atoms with van der Waals surface area (Å²) in [5, 5.41) is 12.3. The monoisotopic (exact) mass is 469 g/mol. The van der Waals surface area contributed by atoms with Crippen LogP contribution in [0.1, 0.15) is 28.0 Å². The molecule has 0 spiro atoms. The van der Waals surface area contributed by atoms with Gasteiger partial charge in [-0.25, -0.2) is 0 Å². The number of nitrogens with one attached hydrogen (secondary N) is 1. The van der Waals surface area contributed by atoms with E-state index in [1.165, 1.54) is 0 Å². The Labute approximate surface area is 175 Å². The van der Waals surface area contributed by atoms with Gasteiger partial charge in [0.25, 0.3) is 5.91 Å². The lowest BCUT2D eigenvalue weighted by atomic mass is 10.1.